The van der Waals surface area contributed by atoms with Gasteiger partial charge in [0.25, 0.3) is 0 Å². The van der Waals surface area contributed by atoms with E-state index in [9.17, 15) is 5.11 Å². The highest BCUT2D eigenvalue weighted by molar-refractivity contribution is 4.79. The molecule has 1 aliphatic rings. The third-order valence-electron chi connectivity index (χ3n) is 4.40. The van der Waals surface area contributed by atoms with Crippen molar-refractivity contribution in [1.82, 2.24) is 9.80 Å². The number of nitrogens with zero attached hydrogens (tertiary/aromatic N) is 2. The molecule has 1 rings (SSSR count). The highest BCUT2D eigenvalue weighted by Gasteiger charge is 2.23. The Morgan fingerprint density at radius 3 is 2.00 bits per heavy atom. The molecule has 108 valence electrons. The second-order valence-electron chi connectivity index (χ2n) is 5.47. The summed E-state index contributed by atoms with van der Waals surface area (Å²) in [6, 6.07) is 0.718. The summed E-state index contributed by atoms with van der Waals surface area (Å²) >= 11 is 0. The maximum absolute atomic E-state index is 9.57. The molecular weight excluding hydrogens is 224 g/mol. The zero-order chi connectivity index (χ0) is 13.4. The summed E-state index contributed by atoms with van der Waals surface area (Å²) in [5.41, 5.74) is 0. The summed E-state index contributed by atoms with van der Waals surface area (Å²) in [6.07, 6.45) is 5.60. The van der Waals surface area contributed by atoms with Crippen molar-refractivity contribution in [2.75, 3.05) is 32.7 Å². The van der Waals surface area contributed by atoms with Gasteiger partial charge in [-0.2, -0.15) is 0 Å². The smallest absolute Gasteiger partial charge is 0.0541 e. The summed E-state index contributed by atoms with van der Waals surface area (Å²) < 4.78 is 0. The Labute approximate surface area is 113 Å². The molecule has 0 radical (unpaired) electrons. The molecule has 0 aromatic carbocycles. The van der Waals surface area contributed by atoms with E-state index in [0.717, 1.165) is 38.5 Å². The normalized spacial score (nSPS) is 25.0. The van der Waals surface area contributed by atoms with Crippen LogP contribution in [0, 0.1) is 0 Å². The van der Waals surface area contributed by atoms with Crippen molar-refractivity contribution in [3.63, 3.8) is 0 Å². The Morgan fingerprint density at radius 2 is 1.50 bits per heavy atom. The minimum Gasteiger partial charge on any atom is -0.393 e. The molecule has 0 saturated heterocycles. The average Bonchev–Trinajstić information content (AvgIpc) is 2.41. The van der Waals surface area contributed by atoms with Gasteiger partial charge in [-0.3, -0.25) is 0 Å². The number of aliphatic hydroxyl groups is 1. The Balaban J connectivity index is 2.24. The molecule has 3 heteroatoms. The molecule has 1 saturated carbocycles. The van der Waals surface area contributed by atoms with Gasteiger partial charge < -0.3 is 14.9 Å². The number of aliphatic hydroxyl groups excluding tert-OH is 1. The molecule has 0 spiro atoms. The standard InChI is InChI=1S/C15H32N2O/c1-4-16(5-2)12-7-13-17(6-3)14-8-10-15(18)11-9-14/h14-15,18H,4-13H2,1-3H3. The van der Waals surface area contributed by atoms with Crippen molar-refractivity contribution >= 4 is 0 Å². The van der Waals surface area contributed by atoms with Crippen molar-refractivity contribution in [3.8, 4) is 0 Å². The minimum atomic E-state index is -0.0318. The molecule has 1 aliphatic carbocycles. The molecule has 3 nitrogen and oxygen atoms in total. The van der Waals surface area contributed by atoms with Crippen LogP contribution in [0.1, 0.15) is 52.9 Å². The Bertz CT molecular complexity index is 199. The van der Waals surface area contributed by atoms with E-state index in [-0.39, 0.29) is 6.10 Å². The molecule has 0 amide bonds. The molecule has 18 heavy (non-hydrogen) atoms. The van der Waals surface area contributed by atoms with Crippen LogP contribution in [0.2, 0.25) is 0 Å². The van der Waals surface area contributed by atoms with E-state index in [1.165, 1.54) is 32.4 Å². The SMILES string of the molecule is CCN(CC)CCCN(CC)C1CCC(O)CC1. The first-order valence-corrected chi connectivity index (χ1v) is 7.85. The first-order valence-electron chi connectivity index (χ1n) is 7.85. The van der Waals surface area contributed by atoms with Crippen LogP contribution >= 0.6 is 0 Å². The topological polar surface area (TPSA) is 26.7 Å². The van der Waals surface area contributed by atoms with Gasteiger partial charge in [0, 0.05) is 6.04 Å². The van der Waals surface area contributed by atoms with Crippen molar-refractivity contribution in [1.29, 1.82) is 0 Å². The van der Waals surface area contributed by atoms with Crippen LogP contribution in [0.4, 0.5) is 0 Å². The minimum absolute atomic E-state index is 0.0318. The van der Waals surface area contributed by atoms with Gasteiger partial charge >= 0.3 is 0 Å². The second kappa shape index (κ2) is 8.89. The van der Waals surface area contributed by atoms with Gasteiger partial charge in [0.2, 0.25) is 0 Å². The zero-order valence-electron chi connectivity index (χ0n) is 12.6. The van der Waals surface area contributed by atoms with E-state index in [2.05, 4.69) is 30.6 Å². The average molecular weight is 256 g/mol. The van der Waals surface area contributed by atoms with Crippen LogP contribution in [0.15, 0.2) is 0 Å². The second-order valence-corrected chi connectivity index (χ2v) is 5.47. The maximum atomic E-state index is 9.57. The lowest BCUT2D eigenvalue weighted by atomic mass is 9.92. The summed E-state index contributed by atoms with van der Waals surface area (Å²) in [4.78, 5) is 5.12. The van der Waals surface area contributed by atoms with Gasteiger partial charge in [-0.1, -0.05) is 20.8 Å². The fourth-order valence-corrected chi connectivity index (χ4v) is 3.06. The monoisotopic (exact) mass is 256 g/mol. The first-order chi connectivity index (χ1) is 8.71. The van der Waals surface area contributed by atoms with Gasteiger partial charge in [-0.25, -0.2) is 0 Å². The van der Waals surface area contributed by atoms with Gasteiger partial charge in [0.15, 0.2) is 0 Å². The predicted molar refractivity (Wildman–Crippen MR) is 77.9 cm³/mol. The van der Waals surface area contributed by atoms with Crippen LogP contribution in [0.25, 0.3) is 0 Å². The van der Waals surface area contributed by atoms with Crippen LogP contribution in [-0.4, -0.2) is 59.8 Å². The van der Waals surface area contributed by atoms with Crippen molar-refractivity contribution < 1.29 is 5.11 Å². The maximum Gasteiger partial charge on any atom is 0.0541 e. The molecule has 0 atom stereocenters. The van der Waals surface area contributed by atoms with Crippen molar-refractivity contribution in [2.45, 2.75) is 65.0 Å². The van der Waals surface area contributed by atoms with E-state index in [1.807, 2.05) is 0 Å². The molecule has 1 fully saturated rings. The molecule has 0 aliphatic heterocycles. The third kappa shape index (κ3) is 5.25. The summed E-state index contributed by atoms with van der Waals surface area (Å²) in [5, 5.41) is 9.57. The van der Waals surface area contributed by atoms with E-state index >= 15 is 0 Å². The van der Waals surface area contributed by atoms with E-state index in [1.54, 1.807) is 0 Å². The summed E-state index contributed by atoms with van der Waals surface area (Å²) in [7, 11) is 0. The van der Waals surface area contributed by atoms with Gasteiger partial charge in [0.05, 0.1) is 6.10 Å². The zero-order valence-corrected chi connectivity index (χ0v) is 12.6. The van der Waals surface area contributed by atoms with Gasteiger partial charge in [0.1, 0.15) is 0 Å². The number of hydrogen-bond donors (Lipinski definition) is 1. The Kier molecular flexibility index (Phi) is 7.87. The molecule has 1 N–H and O–H groups in total. The molecule has 0 heterocycles. The fraction of sp³-hybridized carbons (Fsp3) is 1.00. The lowest BCUT2D eigenvalue weighted by Crippen LogP contribution is -2.40. The van der Waals surface area contributed by atoms with Crippen LogP contribution in [0.5, 0.6) is 0 Å². The molecule has 0 unspecified atom stereocenters. The van der Waals surface area contributed by atoms with Crippen molar-refractivity contribution in [2.24, 2.45) is 0 Å². The fourth-order valence-electron chi connectivity index (χ4n) is 3.06. The van der Waals surface area contributed by atoms with Gasteiger partial charge in [-0.05, 0) is 64.8 Å². The van der Waals surface area contributed by atoms with E-state index in [4.69, 9.17) is 0 Å². The molecule has 0 bridgehead atoms. The van der Waals surface area contributed by atoms with Crippen molar-refractivity contribution in [3.05, 3.63) is 0 Å². The summed E-state index contributed by atoms with van der Waals surface area (Å²) in [6.45, 7) is 12.7. The highest BCUT2D eigenvalue weighted by atomic mass is 16.3. The lowest BCUT2D eigenvalue weighted by Gasteiger charge is -2.35. The van der Waals surface area contributed by atoms with E-state index < -0.39 is 0 Å². The largest absolute Gasteiger partial charge is 0.393 e. The number of hydrogen-bond acceptors (Lipinski definition) is 3. The summed E-state index contributed by atoms with van der Waals surface area (Å²) in [5.74, 6) is 0. The Hall–Kier alpha value is -0.120. The van der Waals surface area contributed by atoms with Crippen LogP contribution < -0.4 is 0 Å². The lowest BCUT2D eigenvalue weighted by molar-refractivity contribution is 0.0740. The molecule has 0 aromatic rings. The van der Waals surface area contributed by atoms with Crippen LogP contribution in [0.3, 0.4) is 0 Å². The first kappa shape index (κ1) is 15.9. The predicted octanol–water partition coefficient (Wildman–Crippen LogP) is 2.34. The highest BCUT2D eigenvalue weighted by Crippen LogP contribution is 2.23. The quantitative estimate of drug-likeness (QED) is 0.722. The van der Waals surface area contributed by atoms with Crippen LogP contribution in [-0.2, 0) is 0 Å². The number of rotatable bonds is 8. The van der Waals surface area contributed by atoms with E-state index in [0.29, 0.717) is 0 Å². The van der Waals surface area contributed by atoms with Gasteiger partial charge in [-0.15, -0.1) is 0 Å². The molecular formula is C15H32N2O. The molecule has 0 aromatic heterocycles. The Morgan fingerprint density at radius 1 is 0.889 bits per heavy atom. The third-order valence-corrected chi connectivity index (χ3v) is 4.40.